The van der Waals surface area contributed by atoms with Gasteiger partial charge in [-0.1, -0.05) is 0 Å². The van der Waals surface area contributed by atoms with E-state index in [-0.39, 0.29) is 11.3 Å². The molecule has 1 aromatic rings. The van der Waals surface area contributed by atoms with Crippen LogP contribution in [0.4, 0.5) is 13.2 Å². The minimum Gasteiger partial charge on any atom is -0.494 e. The maximum Gasteiger partial charge on any atom is 0.427 e. The van der Waals surface area contributed by atoms with Crippen LogP contribution in [0.5, 0.6) is 5.75 Å². The third-order valence-corrected chi connectivity index (χ3v) is 3.92. The Morgan fingerprint density at radius 3 is 2.33 bits per heavy atom. The largest absolute Gasteiger partial charge is 0.494 e. The molecule has 3 nitrogen and oxygen atoms in total. The van der Waals surface area contributed by atoms with Crippen molar-refractivity contribution in [3.63, 3.8) is 0 Å². The number of ether oxygens (including phenoxy) is 1. The molecule has 0 atom stereocenters. The fraction of sp³-hybridized carbons (Fsp3) is 0.333. The van der Waals surface area contributed by atoms with Gasteiger partial charge in [-0.3, -0.25) is 0 Å². The van der Waals surface area contributed by atoms with Crippen LogP contribution in [0.1, 0.15) is 4.88 Å². The van der Waals surface area contributed by atoms with Gasteiger partial charge < -0.3 is 4.74 Å². The molecule has 9 heteroatoms. The standard InChI is InChI=1S/C6H4ClF3O3S2/c1-13-3-2-14-5(6(8,9)10)4(3)15(7,11)12/h2H,1H3. The summed E-state index contributed by atoms with van der Waals surface area (Å²) in [6.07, 6.45) is -4.77. The van der Waals surface area contributed by atoms with Crippen molar-refractivity contribution in [2.75, 3.05) is 7.11 Å². The number of alkyl halides is 3. The summed E-state index contributed by atoms with van der Waals surface area (Å²) in [5.41, 5.74) is 0. The summed E-state index contributed by atoms with van der Waals surface area (Å²) < 4.78 is 63.4. The predicted octanol–water partition coefficient (Wildman–Crippen LogP) is 2.70. The van der Waals surface area contributed by atoms with Gasteiger partial charge in [0.2, 0.25) is 0 Å². The number of thiophene rings is 1. The lowest BCUT2D eigenvalue weighted by molar-refractivity contribution is -0.136. The van der Waals surface area contributed by atoms with Crippen LogP contribution in [0.2, 0.25) is 0 Å². The molecule has 0 bridgehead atoms. The molecular formula is C6H4ClF3O3S2. The van der Waals surface area contributed by atoms with Gasteiger partial charge >= 0.3 is 6.18 Å². The van der Waals surface area contributed by atoms with Gasteiger partial charge in [0.1, 0.15) is 15.5 Å². The van der Waals surface area contributed by atoms with Gasteiger partial charge in [-0.2, -0.15) is 13.2 Å². The van der Waals surface area contributed by atoms with Gasteiger partial charge in [0.05, 0.1) is 7.11 Å². The number of hydrogen-bond donors (Lipinski definition) is 0. The van der Waals surface area contributed by atoms with Gasteiger partial charge in [-0.05, 0) is 0 Å². The van der Waals surface area contributed by atoms with Crippen molar-refractivity contribution < 1.29 is 26.3 Å². The zero-order valence-corrected chi connectivity index (χ0v) is 9.52. The van der Waals surface area contributed by atoms with E-state index < -0.39 is 30.7 Å². The molecule has 0 spiro atoms. The van der Waals surface area contributed by atoms with E-state index in [4.69, 9.17) is 10.7 Å². The topological polar surface area (TPSA) is 43.4 Å². The minimum atomic E-state index is -4.77. The van der Waals surface area contributed by atoms with Gasteiger partial charge in [-0.15, -0.1) is 11.3 Å². The maximum atomic E-state index is 12.4. The SMILES string of the molecule is COc1csc(C(F)(F)F)c1S(=O)(=O)Cl. The van der Waals surface area contributed by atoms with E-state index in [9.17, 15) is 21.6 Å². The highest BCUT2D eigenvalue weighted by Crippen LogP contribution is 2.44. The lowest BCUT2D eigenvalue weighted by Crippen LogP contribution is -2.07. The Kier molecular flexibility index (Phi) is 3.22. The molecule has 1 heterocycles. The fourth-order valence-corrected chi connectivity index (χ4v) is 3.54. The third-order valence-electron chi connectivity index (χ3n) is 1.44. The Morgan fingerprint density at radius 1 is 1.47 bits per heavy atom. The summed E-state index contributed by atoms with van der Waals surface area (Å²) in [5.74, 6) is -0.401. The molecule has 0 amide bonds. The minimum absolute atomic E-state index is 0.221. The van der Waals surface area contributed by atoms with Crippen molar-refractivity contribution >= 4 is 31.1 Å². The van der Waals surface area contributed by atoms with E-state index in [1.165, 1.54) is 0 Å². The van der Waals surface area contributed by atoms with Gasteiger partial charge in [0.15, 0.2) is 0 Å². The van der Waals surface area contributed by atoms with E-state index in [1.54, 1.807) is 0 Å². The summed E-state index contributed by atoms with van der Waals surface area (Å²) >= 11 is 0.221. The number of rotatable bonds is 2. The predicted molar refractivity (Wildman–Crippen MR) is 48.9 cm³/mol. The monoisotopic (exact) mass is 280 g/mol. The number of hydrogen-bond acceptors (Lipinski definition) is 4. The summed E-state index contributed by atoms with van der Waals surface area (Å²) in [7, 11) is 1.48. The van der Waals surface area contributed by atoms with Gasteiger partial charge in [-0.25, -0.2) is 8.42 Å². The maximum absolute atomic E-state index is 12.4. The Labute approximate surface area is 91.8 Å². The van der Waals surface area contributed by atoms with Crippen molar-refractivity contribution in [1.29, 1.82) is 0 Å². The van der Waals surface area contributed by atoms with Crippen LogP contribution in [0, 0.1) is 0 Å². The van der Waals surface area contributed by atoms with E-state index in [0.717, 1.165) is 12.5 Å². The average molecular weight is 281 g/mol. The van der Waals surface area contributed by atoms with E-state index in [2.05, 4.69) is 4.74 Å². The van der Waals surface area contributed by atoms with Crippen LogP contribution in [0.3, 0.4) is 0 Å². The smallest absolute Gasteiger partial charge is 0.427 e. The van der Waals surface area contributed by atoms with Crippen LogP contribution in [0.25, 0.3) is 0 Å². The number of methoxy groups -OCH3 is 1. The van der Waals surface area contributed by atoms with Crippen molar-refractivity contribution in [1.82, 2.24) is 0 Å². The quantitative estimate of drug-likeness (QED) is 0.782. The first-order valence-electron chi connectivity index (χ1n) is 3.35. The summed E-state index contributed by atoms with van der Waals surface area (Å²) in [6.45, 7) is 0. The molecule has 0 aliphatic carbocycles. The Morgan fingerprint density at radius 2 is 2.00 bits per heavy atom. The van der Waals surface area contributed by atoms with Crippen molar-refractivity contribution in [2.24, 2.45) is 0 Å². The highest BCUT2D eigenvalue weighted by atomic mass is 35.7. The molecule has 15 heavy (non-hydrogen) atoms. The van der Waals surface area contributed by atoms with Crippen LogP contribution in [-0.2, 0) is 15.2 Å². The summed E-state index contributed by atoms with van der Waals surface area (Å²) in [5, 5.41) is 0.943. The van der Waals surface area contributed by atoms with E-state index >= 15 is 0 Å². The first-order chi connectivity index (χ1) is 6.68. The van der Waals surface area contributed by atoms with E-state index in [0.29, 0.717) is 0 Å². The molecule has 1 rings (SSSR count). The lowest BCUT2D eigenvalue weighted by Gasteiger charge is -2.06. The van der Waals surface area contributed by atoms with Crippen LogP contribution in [-0.4, -0.2) is 15.5 Å². The second kappa shape index (κ2) is 3.84. The molecule has 0 saturated carbocycles. The average Bonchev–Trinajstić information content (AvgIpc) is 2.44. The number of halogens is 4. The first-order valence-corrected chi connectivity index (χ1v) is 6.54. The van der Waals surface area contributed by atoms with Gasteiger partial charge in [0, 0.05) is 16.1 Å². The lowest BCUT2D eigenvalue weighted by atomic mass is 10.4. The Hall–Kier alpha value is -0.470. The molecule has 0 unspecified atom stereocenters. The van der Waals surface area contributed by atoms with Crippen LogP contribution in [0.15, 0.2) is 10.3 Å². The molecular weight excluding hydrogens is 277 g/mol. The Bertz CT molecular complexity index is 462. The summed E-state index contributed by atoms with van der Waals surface area (Å²) in [4.78, 5) is -2.31. The third kappa shape index (κ3) is 2.56. The molecule has 0 aromatic carbocycles. The van der Waals surface area contributed by atoms with Crippen LogP contribution < -0.4 is 4.74 Å². The van der Waals surface area contributed by atoms with Crippen molar-refractivity contribution in [3.05, 3.63) is 10.3 Å². The summed E-state index contributed by atoms with van der Waals surface area (Å²) in [6, 6.07) is 0. The second-order valence-corrected chi connectivity index (χ2v) is 5.78. The van der Waals surface area contributed by atoms with Crippen molar-refractivity contribution in [2.45, 2.75) is 11.1 Å². The fourth-order valence-electron chi connectivity index (χ4n) is 0.899. The zero-order valence-electron chi connectivity index (χ0n) is 7.13. The highest BCUT2D eigenvalue weighted by molar-refractivity contribution is 8.14. The van der Waals surface area contributed by atoms with Crippen molar-refractivity contribution in [3.8, 4) is 5.75 Å². The molecule has 0 saturated heterocycles. The molecule has 86 valence electrons. The molecule has 0 fully saturated rings. The second-order valence-electron chi connectivity index (χ2n) is 2.40. The molecule has 1 aromatic heterocycles. The van der Waals surface area contributed by atoms with Gasteiger partial charge in [0.25, 0.3) is 9.05 Å². The zero-order chi connectivity index (χ0) is 11.9. The first kappa shape index (κ1) is 12.6. The molecule has 0 N–H and O–H groups in total. The normalized spacial score (nSPS) is 12.9. The molecule has 0 radical (unpaired) electrons. The molecule has 0 aliphatic rings. The van der Waals surface area contributed by atoms with E-state index in [1.807, 2.05) is 0 Å². The highest BCUT2D eigenvalue weighted by Gasteiger charge is 2.41. The van der Waals surface area contributed by atoms with Crippen LogP contribution >= 0.6 is 22.0 Å². The Balaban J connectivity index is 3.51. The molecule has 0 aliphatic heterocycles.